The van der Waals surface area contributed by atoms with Crippen molar-refractivity contribution in [2.75, 3.05) is 6.61 Å². The van der Waals surface area contributed by atoms with Crippen LogP contribution in [0.1, 0.15) is 5.69 Å². The van der Waals surface area contributed by atoms with E-state index in [0.29, 0.717) is 0 Å². The Kier molecular flexibility index (Phi) is 2.38. The third-order valence-corrected chi connectivity index (χ3v) is 1.31. The summed E-state index contributed by atoms with van der Waals surface area (Å²) in [6, 6.07) is 3.09. The zero-order valence-corrected chi connectivity index (χ0v) is 6.32. The second kappa shape index (κ2) is 3.30. The summed E-state index contributed by atoms with van der Waals surface area (Å²) in [6.07, 6.45) is 0. The monoisotopic (exact) mass is 154 g/mol. The number of aromatic nitrogens is 2. The number of nitrogens with zero attached hydrogens (tertiary/aromatic N) is 2. The van der Waals surface area contributed by atoms with Crippen LogP contribution in [0, 0.1) is 6.92 Å². The van der Waals surface area contributed by atoms with E-state index >= 15 is 0 Å². The van der Waals surface area contributed by atoms with Crippen molar-refractivity contribution in [2.45, 2.75) is 13.5 Å². The van der Waals surface area contributed by atoms with Crippen molar-refractivity contribution in [1.82, 2.24) is 9.78 Å². The van der Waals surface area contributed by atoms with E-state index in [9.17, 15) is 4.79 Å². The van der Waals surface area contributed by atoms with Crippen molar-refractivity contribution in [3.63, 3.8) is 0 Å². The first-order valence-electron chi connectivity index (χ1n) is 3.39. The van der Waals surface area contributed by atoms with Crippen molar-refractivity contribution < 1.29 is 5.11 Å². The molecule has 0 atom stereocenters. The fourth-order valence-corrected chi connectivity index (χ4v) is 0.806. The number of aliphatic hydroxyl groups excluding tert-OH is 1. The van der Waals surface area contributed by atoms with Crippen LogP contribution in [0.5, 0.6) is 0 Å². The fraction of sp³-hybridized carbons (Fsp3) is 0.429. The Morgan fingerprint density at radius 2 is 2.36 bits per heavy atom. The minimum atomic E-state index is -0.176. The number of hydrogen-bond acceptors (Lipinski definition) is 3. The lowest BCUT2D eigenvalue weighted by molar-refractivity contribution is 0.265. The van der Waals surface area contributed by atoms with Gasteiger partial charge in [-0.25, -0.2) is 4.68 Å². The Labute approximate surface area is 64.1 Å². The van der Waals surface area contributed by atoms with E-state index in [1.807, 2.05) is 0 Å². The molecule has 4 nitrogen and oxygen atoms in total. The second-order valence-corrected chi connectivity index (χ2v) is 2.26. The molecule has 1 N–H and O–H groups in total. The van der Waals surface area contributed by atoms with Crippen molar-refractivity contribution in [1.29, 1.82) is 0 Å². The van der Waals surface area contributed by atoms with Gasteiger partial charge in [0.1, 0.15) is 0 Å². The van der Waals surface area contributed by atoms with Crippen LogP contribution in [0.3, 0.4) is 0 Å². The minimum Gasteiger partial charge on any atom is -0.394 e. The maximum atomic E-state index is 11.0. The molecule has 4 heteroatoms. The standard InChI is InChI=1S/C7H10N2O2/c1-6-2-3-7(11)9(8-6)4-5-10/h2-3,10H,4-5H2,1H3. The number of rotatable bonds is 2. The highest BCUT2D eigenvalue weighted by molar-refractivity contribution is 4.96. The topological polar surface area (TPSA) is 55.1 Å². The van der Waals surface area contributed by atoms with Crippen LogP contribution in [0.15, 0.2) is 16.9 Å². The molecule has 11 heavy (non-hydrogen) atoms. The van der Waals surface area contributed by atoms with Crippen LogP contribution >= 0.6 is 0 Å². The van der Waals surface area contributed by atoms with Crippen LogP contribution in [0.25, 0.3) is 0 Å². The zero-order valence-electron chi connectivity index (χ0n) is 6.32. The van der Waals surface area contributed by atoms with Gasteiger partial charge < -0.3 is 5.11 Å². The van der Waals surface area contributed by atoms with Crippen molar-refractivity contribution in [2.24, 2.45) is 0 Å². The van der Waals surface area contributed by atoms with E-state index < -0.39 is 0 Å². The van der Waals surface area contributed by atoms with Gasteiger partial charge in [-0.05, 0) is 13.0 Å². The molecule has 1 heterocycles. The molecule has 0 saturated heterocycles. The van der Waals surface area contributed by atoms with Gasteiger partial charge in [-0.2, -0.15) is 5.10 Å². The summed E-state index contributed by atoms with van der Waals surface area (Å²) in [7, 11) is 0. The summed E-state index contributed by atoms with van der Waals surface area (Å²) in [5, 5.41) is 12.4. The molecule has 0 amide bonds. The molecule has 0 saturated carbocycles. The van der Waals surface area contributed by atoms with E-state index in [-0.39, 0.29) is 18.7 Å². The van der Waals surface area contributed by atoms with E-state index in [2.05, 4.69) is 5.10 Å². The number of aliphatic hydroxyl groups is 1. The maximum Gasteiger partial charge on any atom is 0.266 e. The van der Waals surface area contributed by atoms with Gasteiger partial charge in [0.25, 0.3) is 5.56 Å². The first kappa shape index (κ1) is 7.94. The normalized spacial score (nSPS) is 10.0. The quantitative estimate of drug-likeness (QED) is 0.627. The SMILES string of the molecule is Cc1ccc(=O)n(CCO)n1. The van der Waals surface area contributed by atoms with Crippen molar-refractivity contribution >= 4 is 0 Å². The average molecular weight is 154 g/mol. The fourth-order valence-electron chi connectivity index (χ4n) is 0.806. The Bertz CT molecular complexity index is 293. The first-order valence-corrected chi connectivity index (χ1v) is 3.39. The van der Waals surface area contributed by atoms with Gasteiger partial charge >= 0.3 is 0 Å². The molecular formula is C7H10N2O2. The van der Waals surface area contributed by atoms with Crippen LogP contribution in [0.2, 0.25) is 0 Å². The molecule has 0 fully saturated rings. The Balaban J connectivity index is 3.03. The molecule has 60 valence electrons. The van der Waals surface area contributed by atoms with E-state index in [4.69, 9.17) is 5.11 Å². The molecule has 0 aliphatic rings. The van der Waals surface area contributed by atoms with Gasteiger partial charge in [-0.1, -0.05) is 0 Å². The molecule has 0 aliphatic carbocycles. The second-order valence-electron chi connectivity index (χ2n) is 2.26. The van der Waals surface area contributed by atoms with Crippen LogP contribution in [-0.4, -0.2) is 21.5 Å². The summed E-state index contributed by atoms with van der Waals surface area (Å²) in [4.78, 5) is 11.0. The lowest BCUT2D eigenvalue weighted by Gasteiger charge is -2.00. The lowest BCUT2D eigenvalue weighted by Crippen LogP contribution is -2.23. The largest absolute Gasteiger partial charge is 0.394 e. The molecule has 1 aromatic heterocycles. The number of aryl methyl sites for hydroxylation is 1. The Morgan fingerprint density at radius 3 is 3.00 bits per heavy atom. The van der Waals surface area contributed by atoms with Crippen LogP contribution in [0.4, 0.5) is 0 Å². The molecular weight excluding hydrogens is 144 g/mol. The highest BCUT2D eigenvalue weighted by atomic mass is 16.3. The third-order valence-electron chi connectivity index (χ3n) is 1.31. The van der Waals surface area contributed by atoms with Gasteiger partial charge in [0, 0.05) is 6.07 Å². The van der Waals surface area contributed by atoms with Crippen molar-refractivity contribution in [3.05, 3.63) is 28.2 Å². The number of hydrogen-bond donors (Lipinski definition) is 1. The molecule has 1 rings (SSSR count). The summed E-state index contributed by atoms with van der Waals surface area (Å²) >= 11 is 0. The predicted molar refractivity (Wildman–Crippen MR) is 40.3 cm³/mol. The molecule has 0 bridgehead atoms. The zero-order chi connectivity index (χ0) is 8.27. The average Bonchev–Trinajstić information content (AvgIpc) is 1.98. The van der Waals surface area contributed by atoms with Crippen LogP contribution < -0.4 is 5.56 Å². The minimum absolute atomic E-state index is 0.0592. The summed E-state index contributed by atoms with van der Waals surface area (Å²) in [5.41, 5.74) is 0.600. The molecule has 0 unspecified atom stereocenters. The smallest absolute Gasteiger partial charge is 0.266 e. The van der Waals surface area contributed by atoms with E-state index in [0.717, 1.165) is 5.69 Å². The van der Waals surface area contributed by atoms with E-state index in [1.165, 1.54) is 10.7 Å². The lowest BCUT2D eigenvalue weighted by atomic mass is 10.4. The summed E-state index contributed by atoms with van der Waals surface area (Å²) in [6.45, 7) is 2.00. The predicted octanol–water partition coefficient (Wildman–Crippen LogP) is -0.456. The molecule has 1 aromatic rings. The van der Waals surface area contributed by atoms with Gasteiger partial charge in [-0.3, -0.25) is 4.79 Å². The van der Waals surface area contributed by atoms with Gasteiger partial charge in [0.05, 0.1) is 18.8 Å². The van der Waals surface area contributed by atoms with Crippen molar-refractivity contribution in [3.8, 4) is 0 Å². The summed E-state index contributed by atoms with van der Waals surface area (Å²) in [5.74, 6) is 0. The molecule has 0 aliphatic heterocycles. The van der Waals surface area contributed by atoms with Gasteiger partial charge in [-0.15, -0.1) is 0 Å². The molecule has 0 radical (unpaired) electrons. The highest BCUT2D eigenvalue weighted by Crippen LogP contribution is 1.84. The maximum absolute atomic E-state index is 11.0. The Morgan fingerprint density at radius 1 is 1.64 bits per heavy atom. The molecule has 0 spiro atoms. The van der Waals surface area contributed by atoms with Gasteiger partial charge in [0.15, 0.2) is 0 Å². The third kappa shape index (κ3) is 1.88. The summed E-state index contributed by atoms with van der Waals surface area (Å²) < 4.78 is 1.25. The van der Waals surface area contributed by atoms with Crippen LogP contribution in [-0.2, 0) is 6.54 Å². The highest BCUT2D eigenvalue weighted by Gasteiger charge is 1.94. The first-order chi connectivity index (χ1) is 5.24. The van der Waals surface area contributed by atoms with Gasteiger partial charge in [0.2, 0.25) is 0 Å². The van der Waals surface area contributed by atoms with E-state index in [1.54, 1.807) is 13.0 Å². The Hall–Kier alpha value is -1.16. The molecule has 0 aromatic carbocycles.